The number of fused-ring (bicyclic) bond motifs is 2. The molecule has 0 bridgehead atoms. The van der Waals surface area contributed by atoms with Gasteiger partial charge in [-0.2, -0.15) is 0 Å². The normalized spacial score (nSPS) is 15.4. The lowest BCUT2D eigenvalue weighted by Gasteiger charge is -2.23. The Morgan fingerprint density at radius 2 is 1.88 bits per heavy atom. The molecule has 1 aliphatic heterocycles. The Kier molecular flexibility index (Phi) is 7.08. The number of rotatable bonds is 6. The number of hydrogen-bond acceptors (Lipinski definition) is 6. The van der Waals surface area contributed by atoms with Crippen molar-refractivity contribution in [1.29, 1.82) is 0 Å². The van der Waals surface area contributed by atoms with Crippen LogP contribution in [0.2, 0.25) is 5.02 Å². The molecule has 1 atom stereocenters. The zero-order valence-corrected chi connectivity index (χ0v) is 24.6. The number of para-hydroxylation sites is 1. The number of thiophene rings is 1. The Bertz CT molecular complexity index is 1960. The topological polar surface area (TPSA) is 65.6 Å². The second-order valence-electron chi connectivity index (χ2n) is 9.55. The molecule has 0 spiro atoms. The van der Waals surface area contributed by atoms with Gasteiger partial charge < -0.3 is 9.30 Å². The van der Waals surface area contributed by atoms with Crippen molar-refractivity contribution >= 4 is 57.2 Å². The van der Waals surface area contributed by atoms with Gasteiger partial charge in [-0.05, 0) is 62.1 Å². The van der Waals surface area contributed by atoms with E-state index in [4.69, 9.17) is 21.3 Å². The lowest BCUT2D eigenvalue weighted by atomic mass is 10.0. The van der Waals surface area contributed by atoms with E-state index in [-0.39, 0.29) is 12.2 Å². The predicted molar refractivity (Wildman–Crippen MR) is 162 cm³/mol. The number of carbonyl (C=O) groups excluding carboxylic acids is 1. The monoisotopic (exact) mass is 587 g/mol. The average molecular weight is 588 g/mol. The van der Waals surface area contributed by atoms with Crippen LogP contribution in [0.1, 0.15) is 41.6 Å². The summed E-state index contributed by atoms with van der Waals surface area (Å²) in [5, 5.41) is 3.72. The molecule has 0 aliphatic carbocycles. The van der Waals surface area contributed by atoms with E-state index in [1.54, 1.807) is 18.4 Å². The highest BCUT2D eigenvalue weighted by Gasteiger charge is 2.34. The van der Waals surface area contributed by atoms with Crippen molar-refractivity contribution in [2.45, 2.75) is 33.4 Å². The molecule has 0 amide bonds. The van der Waals surface area contributed by atoms with Crippen LogP contribution in [0.25, 0.3) is 17.0 Å². The lowest BCUT2D eigenvalue weighted by Crippen LogP contribution is -2.39. The van der Waals surface area contributed by atoms with Gasteiger partial charge in [0.05, 0.1) is 22.4 Å². The maximum atomic E-state index is 14.0. The van der Waals surface area contributed by atoms with Crippen LogP contribution in [0.15, 0.2) is 87.1 Å². The first kappa shape index (κ1) is 26.5. The van der Waals surface area contributed by atoms with Gasteiger partial charge in [0.2, 0.25) is 0 Å². The van der Waals surface area contributed by atoms with E-state index in [0.29, 0.717) is 32.2 Å². The molecule has 0 saturated carbocycles. The van der Waals surface area contributed by atoms with Crippen LogP contribution in [0, 0.1) is 6.92 Å². The molecule has 0 fully saturated rings. The average Bonchev–Trinajstić information content (AvgIpc) is 3.64. The minimum absolute atomic E-state index is 0.176. The van der Waals surface area contributed by atoms with E-state index in [0.717, 1.165) is 32.6 Å². The number of allylic oxidation sites excluding steroid dienone is 1. The molecule has 2 aromatic carbocycles. The van der Waals surface area contributed by atoms with Gasteiger partial charge in [0.15, 0.2) is 4.80 Å². The van der Waals surface area contributed by atoms with Gasteiger partial charge in [0.1, 0.15) is 6.04 Å². The third-order valence-electron chi connectivity index (χ3n) is 7.14. The van der Waals surface area contributed by atoms with Crippen LogP contribution in [0.3, 0.4) is 0 Å². The molecule has 1 aliphatic rings. The number of aromatic nitrogens is 2. The maximum Gasteiger partial charge on any atom is 0.338 e. The highest BCUT2D eigenvalue weighted by Crippen LogP contribution is 2.33. The molecular formula is C31H26ClN3O3S2. The molecule has 9 heteroatoms. The first-order chi connectivity index (χ1) is 19.4. The van der Waals surface area contributed by atoms with Crippen molar-refractivity contribution in [1.82, 2.24) is 9.13 Å². The van der Waals surface area contributed by atoms with Crippen LogP contribution in [0.5, 0.6) is 0 Å². The summed E-state index contributed by atoms with van der Waals surface area (Å²) in [6.45, 7) is 6.58. The first-order valence-corrected chi connectivity index (χ1v) is 15.0. The fourth-order valence-electron chi connectivity index (χ4n) is 5.25. The molecule has 0 saturated heterocycles. The summed E-state index contributed by atoms with van der Waals surface area (Å²) < 4.78 is 9.85. The second kappa shape index (κ2) is 10.7. The number of carbonyl (C=O) groups is 1. The number of esters is 1. The third-order valence-corrected chi connectivity index (χ3v) is 9.30. The third kappa shape index (κ3) is 4.56. The van der Waals surface area contributed by atoms with Crippen molar-refractivity contribution in [2.24, 2.45) is 4.99 Å². The Hall–Kier alpha value is -3.72. The van der Waals surface area contributed by atoms with Gasteiger partial charge in [0, 0.05) is 38.6 Å². The lowest BCUT2D eigenvalue weighted by molar-refractivity contribution is -0.139. The fourth-order valence-corrected chi connectivity index (χ4v) is 7.23. The van der Waals surface area contributed by atoms with Crippen LogP contribution in [-0.4, -0.2) is 21.7 Å². The highest BCUT2D eigenvalue weighted by molar-refractivity contribution is 7.10. The second-order valence-corrected chi connectivity index (χ2v) is 12.0. The van der Waals surface area contributed by atoms with Gasteiger partial charge in [0.25, 0.3) is 5.56 Å². The Balaban J connectivity index is 1.53. The van der Waals surface area contributed by atoms with Crippen LogP contribution in [-0.2, 0) is 16.1 Å². The van der Waals surface area contributed by atoms with E-state index >= 15 is 0 Å². The van der Waals surface area contributed by atoms with E-state index in [2.05, 4.69) is 23.6 Å². The summed E-state index contributed by atoms with van der Waals surface area (Å²) >= 11 is 8.96. The van der Waals surface area contributed by atoms with Crippen LogP contribution < -0.4 is 14.9 Å². The van der Waals surface area contributed by atoms with E-state index in [1.165, 1.54) is 22.7 Å². The highest BCUT2D eigenvalue weighted by atomic mass is 35.5. The van der Waals surface area contributed by atoms with Crippen LogP contribution in [0.4, 0.5) is 0 Å². The SMILES string of the molecule is CCOC(=O)C1=C(C)N=c2s/c(=C\c3c(C)n(Cc4ccc(Cl)cc4)c4ccccc34)c(=O)n2[C@H]1c1cccs1. The molecule has 6 nitrogen and oxygen atoms in total. The summed E-state index contributed by atoms with van der Waals surface area (Å²) in [5.74, 6) is -0.447. The fraction of sp³-hybridized carbons (Fsp3) is 0.194. The maximum absolute atomic E-state index is 14.0. The number of thiazole rings is 1. The molecule has 0 radical (unpaired) electrons. The molecule has 5 aromatic rings. The zero-order chi connectivity index (χ0) is 28.0. The summed E-state index contributed by atoms with van der Waals surface area (Å²) in [7, 11) is 0. The number of hydrogen-bond donors (Lipinski definition) is 0. The molecule has 202 valence electrons. The Morgan fingerprint density at radius 3 is 2.60 bits per heavy atom. The Labute approximate surface area is 243 Å². The molecular weight excluding hydrogens is 562 g/mol. The molecule has 4 heterocycles. The number of benzene rings is 2. The summed E-state index contributed by atoms with van der Waals surface area (Å²) in [4.78, 5) is 33.2. The van der Waals surface area contributed by atoms with Gasteiger partial charge in [-0.15, -0.1) is 11.3 Å². The van der Waals surface area contributed by atoms with Crippen molar-refractivity contribution in [3.05, 3.63) is 124 Å². The first-order valence-electron chi connectivity index (χ1n) is 12.9. The quantitative estimate of drug-likeness (QED) is 0.235. The zero-order valence-electron chi connectivity index (χ0n) is 22.2. The van der Waals surface area contributed by atoms with E-state index in [9.17, 15) is 9.59 Å². The van der Waals surface area contributed by atoms with Crippen LogP contribution >= 0.6 is 34.3 Å². The molecule has 3 aromatic heterocycles. The molecule has 0 N–H and O–H groups in total. The van der Waals surface area contributed by atoms with Crippen molar-refractivity contribution in [2.75, 3.05) is 6.61 Å². The summed E-state index contributed by atoms with van der Waals surface area (Å²) in [5.41, 5.74) is 5.07. The predicted octanol–water partition coefficient (Wildman–Crippen LogP) is 5.82. The minimum atomic E-state index is -0.579. The molecule has 6 rings (SSSR count). The standard InChI is InChI=1S/C31H26ClN3O3S2/c1-4-38-30(37)27-18(2)33-31-35(28(27)25-10-7-15-39-25)29(36)26(40-31)16-23-19(3)34(24-9-6-5-8-22(23)24)17-20-11-13-21(32)14-12-20/h5-16,28H,4,17H2,1-3H3/b26-16-/t28-/m0/s1. The van der Waals surface area contributed by atoms with Gasteiger partial charge in [-0.1, -0.05) is 59.3 Å². The van der Waals surface area contributed by atoms with Crippen molar-refractivity contribution < 1.29 is 9.53 Å². The number of halogens is 1. The molecule has 40 heavy (non-hydrogen) atoms. The Morgan fingerprint density at radius 1 is 1.10 bits per heavy atom. The van der Waals surface area contributed by atoms with Gasteiger partial charge >= 0.3 is 5.97 Å². The number of nitrogens with zero attached hydrogens (tertiary/aromatic N) is 3. The van der Waals surface area contributed by atoms with Crippen molar-refractivity contribution in [3.63, 3.8) is 0 Å². The minimum Gasteiger partial charge on any atom is -0.463 e. The largest absolute Gasteiger partial charge is 0.463 e. The summed E-state index contributed by atoms with van der Waals surface area (Å²) in [6, 6.07) is 19.4. The van der Waals surface area contributed by atoms with E-state index < -0.39 is 12.0 Å². The van der Waals surface area contributed by atoms with Crippen molar-refractivity contribution in [3.8, 4) is 0 Å². The van der Waals surface area contributed by atoms with E-state index in [1.807, 2.05) is 60.0 Å². The molecule has 0 unspecified atom stereocenters. The smallest absolute Gasteiger partial charge is 0.338 e. The number of ether oxygens (including phenoxy) is 1. The van der Waals surface area contributed by atoms with Gasteiger partial charge in [-0.3, -0.25) is 9.36 Å². The summed E-state index contributed by atoms with van der Waals surface area (Å²) in [6.07, 6.45) is 1.97. The van der Waals surface area contributed by atoms with Gasteiger partial charge in [-0.25, -0.2) is 9.79 Å².